The number of rotatable bonds is 5. The van der Waals surface area contributed by atoms with Gasteiger partial charge < -0.3 is 10.2 Å². The molecule has 134 valence electrons. The van der Waals surface area contributed by atoms with Crippen LogP contribution < -0.4 is 5.32 Å². The van der Waals surface area contributed by atoms with Crippen LogP contribution in [0.4, 0.5) is 5.95 Å². The second-order valence-electron chi connectivity index (χ2n) is 6.32. The molecule has 1 amide bonds. The van der Waals surface area contributed by atoms with Crippen molar-refractivity contribution in [1.29, 1.82) is 0 Å². The normalized spacial score (nSPS) is 16.8. The molecule has 26 heavy (non-hydrogen) atoms. The summed E-state index contributed by atoms with van der Waals surface area (Å²) >= 11 is 1.49. The quantitative estimate of drug-likeness (QED) is 0.749. The Morgan fingerprint density at radius 2 is 2.08 bits per heavy atom. The molecule has 0 spiro atoms. The number of hydrogen-bond acceptors (Lipinski definition) is 6. The monoisotopic (exact) mass is 368 g/mol. The number of aromatic nitrogens is 4. The zero-order valence-corrected chi connectivity index (χ0v) is 15.1. The lowest BCUT2D eigenvalue weighted by molar-refractivity contribution is 0.0724. The number of fused-ring (bicyclic) bond motifs is 1. The van der Waals surface area contributed by atoms with Crippen molar-refractivity contribution in [1.82, 2.24) is 24.6 Å². The van der Waals surface area contributed by atoms with Crippen molar-refractivity contribution in [2.24, 2.45) is 5.92 Å². The average Bonchev–Trinajstić information content (AvgIpc) is 3.31. The summed E-state index contributed by atoms with van der Waals surface area (Å²) in [4.78, 5) is 23.9. The van der Waals surface area contributed by atoms with Crippen LogP contribution in [0, 0.1) is 5.92 Å². The molecule has 1 atom stereocenters. The Kier molecular flexibility index (Phi) is 4.92. The minimum absolute atomic E-state index is 0.0963. The van der Waals surface area contributed by atoms with E-state index < -0.39 is 0 Å². The minimum atomic E-state index is 0.0963. The number of nitrogens with one attached hydrogen (secondary N) is 1. The Bertz CT molecular complexity index is 848. The second kappa shape index (κ2) is 7.65. The van der Waals surface area contributed by atoms with E-state index in [9.17, 15) is 4.79 Å². The van der Waals surface area contributed by atoms with Crippen LogP contribution in [0.15, 0.2) is 48.2 Å². The van der Waals surface area contributed by atoms with Crippen LogP contribution in [0.1, 0.15) is 21.8 Å². The number of nitrogens with zero attached hydrogens (tertiary/aromatic N) is 5. The Hall–Kier alpha value is -2.74. The molecule has 0 aromatic carbocycles. The fraction of sp³-hybridized carbons (Fsp3) is 0.333. The van der Waals surface area contributed by atoms with Gasteiger partial charge >= 0.3 is 0 Å². The second-order valence-corrected chi connectivity index (χ2v) is 7.27. The molecule has 0 radical (unpaired) electrons. The van der Waals surface area contributed by atoms with Gasteiger partial charge in [-0.05, 0) is 35.9 Å². The molecule has 4 heterocycles. The third-order valence-corrected chi connectivity index (χ3v) is 5.35. The van der Waals surface area contributed by atoms with Crippen LogP contribution in [0.25, 0.3) is 0 Å². The number of carbonyl (C=O) groups excluding carboxylic acids is 1. The van der Waals surface area contributed by atoms with Crippen LogP contribution in [0.5, 0.6) is 0 Å². The van der Waals surface area contributed by atoms with E-state index in [1.54, 1.807) is 18.5 Å². The fourth-order valence-corrected chi connectivity index (χ4v) is 3.90. The Morgan fingerprint density at radius 1 is 1.19 bits per heavy atom. The van der Waals surface area contributed by atoms with Crippen LogP contribution in [-0.2, 0) is 13.1 Å². The van der Waals surface area contributed by atoms with Gasteiger partial charge in [0.2, 0.25) is 5.95 Å². The van der Waals surface area contributed by atoms with E-state index in [1.165, 1.54) is 11.3 Å². The summed E-state index contributed by atoms with van der Waals surface area (Å²) < 4.78 is 2.02. The van der Waals surface area contributed by atoms with Crippen molar-refractivity contribution < 1.29 is 4.79 Å². The third kappa shape index (κ3) is 3.75. The highest BCUT2D eigenvalue weighted by molar-refractivity contribution is 7.12. The molecule has 4 rings (SSSR count). The predicted molar refractivity (Wildman–Crippen MR) is 99.9 cm³/mol. The van der Waals surface area contributed by atoms with E-state index in [4.69, 9.17) is 0 Å². The van der Waals surface area contributed by atoms with Gasteiger partial charge in [-0.15, -0.1) is 11.3 Å². The predicted octanol–water partition coefficient (Wildman–Crippen LogP) is 2.51. The lowest BCUT2D eigenvalue weighted by Gasteiger charge is -2.23. The maximum atomic E-state index is 12.9. The van der Waals surface area contributed by atoms with Gasteiger partial charge in [0.15, 0.2) is 0 Å². The maximum absolute atomic E-state index is 12.9. The smallest absolute Gasteiger partial charge is 0.264 e. The fourth-order valence-electron chi connectivity index (χ4n) is 3.20. The van der Waals surface area contributed by atoms with Crippen molar-refractivity contribution in [3.05, 3.63) is 58.8 Å². The lowest BCUT2D eigenvalue weighted by atomic mass is 10.1. The molecule has 1 N–H and O–H groups in total. The number of hydrogen-bond donors (Lipinski definition) is 1. The molecule has 1 aliphatic rings. The molecule has 8 heteroatoms. The molecule has 7 nitrogen and oxygen atoms in total. The van der Waals surface area contributed by atoms with Gasteiger partial charge in [0.1, 0.15) is 0 Å². The Balaban J connectivity index is 1.45. The number of anilines is 1. The largest absolute Gasteiger partial charge is 0.354 e. The van der Waals surface area contributed by atoms with E-state index in [1.807, 2.05) is 39.4 Å². The number of carbonyl (C=O) groups is 1. The molecule has 1 aliphatic heterocycles. The summed E-state index contributed by atoms with van der Waals surface area (Å²) in [7, 11) is 0. The zero-order chi connectivity index (χ0) is 17.8. The highest BCUT2D eigenvalue weighted by Gasteiger charge is 2.26. The van der Waals surface area contributed by atoms with Gasteiger partial charge in [0.25, 0.3) is 5.91 Å². The standard InChI is InChI=1S/C18H20N6OS/c25-17(16-3-1-10-26-16)23-11-14(12-24-15(13-23)5-9-22-24)4-8-21-18-19-6-2-7-20-18/h1-3,5-7,9-10,14H,4,8,11-13H2,(H,19,20,21)/t14-/m1/s1. The molecule has 0 aliphatic carbocycles. The van der Waals surface area contributed by atoms with E-state index in [0.717, 1.165) is 36.6 Å². The molecule has 0 unspecified atom stereocenters. The molecular weight excluding hydrogens is 348 g/mol. The molecule has 0 bridgehead atoms. The molecule has 3 aromatic heterocycles. The van der Waals surface area contributed by atoms with Crippen LogP contribution in [0.2, 0.25) is 0 Å². The van der Waals surface area contributed by atoms with Gasteiger partial charge in [-0.3, -0.25) is 9.48 Å². The first-order valence-electron chi connectivity index (χ1n) is 8.64. The van der Waals surface area contributed by atoms with Crippen molar-refractivity contribution in [2.45, 2.75) is 19.5 Å². The van der Waals surface area contributed by atoms with Crippen LogP contribution in [-0.4, -0.2) is 43.6 Å². The summed E-state index contributed by atoms with van der Waals surface area (Å²) in [6.45, 7) is 2.89. The summed E-state index contributed by atoms with van der Waals surface area (Å²) in [6, 6.07) is 7.59. The topological polar surface area (TPSA) is 75.9 Å². The molecule has 0 fully saturated rings. The van der Waals surface area contributed by atoms with Gasteiger partial charge in [0.05, 0.1) is 17.1 Å². The number of amides is 1. The molecule has 0 saturated heterocycles. The summed E-state index contributed by atoms with van der Waals surface area (Å²) in [5.74, 6) is 1.04. The lowest BCUT2D eigenvalue weighted by Crippen LogP contribution is -2.34. The van der Waals surface area contributed by atoms with E-state index in [-0.39, 0.29) is 5.91 Å². The summed E-state index contributed by atoms with van der Waals surface area (Å²) in [5.41, 5.74) is 1.08. The average molecular weight is 368 g/mol. The molecule has 0 saturated carbocycles. The van der Waals surface area contributed by atoms with Crippen molar-refractivity contribution in [3.8, 4) is 0 Å². The SMILES string of the molecule is O=C(c1cccs1)N1Cc2ccnn2C[C@H](CCNc2ncccn2)C1. The zero-order valence-electron chi connectivity index (χ0n) is 14.3. The summed E-state index contributed by atoms with van der Waals surface area (Å²) in [5, 5.41) is 9.62. The van der Waals surface area contributed by atoms with Gasteiger partial charge in [-0.25, -0.2) is 9.97 Å². The van der Waals surface area contributed by atoms with Crippen LogP contribution >= 0.6 is 11.3 Å². The molecular formula is C18H20N6OS. The van der Waals surface area contributed by atoms with Crippen molar-refractivity contribution >= 4 is 23.2 Å². The van der Waals surface area contributed by atoms with E-state index in [0.29, 0.717) is 18.4 Å². The highest BCUT2D eigenvalue weighted by atomic mass is 32.1. The number of thiophene rings is 1. The van der Waals surface area contributed by atoms with E-state index >= 15 is 0 Å². The van der Waals surface area contributed by atoms with E-state index in [2.05, 4.69) is 20.4 Å². The van der Waals surface area contributed by atoms with Crippen molar-refractivity contribution in [2.75, 3.05) is 18.4 Å². The van der Waals surface area contributed by atoms with Gasteiger partial charge in [-0.2, -0.15) is 5.10 Å². The minimum Gasteiger partial charge on any atom is -0.354 e. The summed E-state index contributed by atoms with van der Waals surface area (Å²) in [6.07, 6.45) is 6.16. The van der Waals surface area contributed by atoms with Crippen LogP contribution in [0.3, 0.4) is 0 Å². The first kappa shape index (κ1) is 16.7. The first-order valence-corrected chi connectivity index (χ1v) is 9.52. The Morgan fingerprint density at radius 3 is 2.88 bits per heavy atom. The van der Waals surface area contributed by atoms with Gasteiger partial charge in [-0.1, -0.05) is 6.07 Å². The highest BCUT2D eigenvalue weighted by Crippen LogP contribution is 2.21. The first-order chi connectivity index (χ1) is 12.8. The molecule has 3 aromatic rings. The van der Waals surface area contributed by atoms with Gasteiger partial charge in [0, 0.05) is 38.2 Å². The maximum Gasteiger partial charge on any atom is 0.264 e. The van der Waals surface area contributed by atoms with Crippen molar-refractivity contribution in [3.63, 3.8) is 0 Å². The Labute approximate surface area is 155 Å². The third-order valence-electron chi connectivity index (χ3n) is 4.49.